The van der Waals surface area contributed by atoms with Crippen molar-refractivity contribution in [2.45, 2.75) is 45.2 Å². The van der Waals surface area contributed by atoms with E-state index >= 15 is 0 Å². The summed E-state index contributed by atoms with van der Waals surface area (Å²) in [7, 11) is 2.21. The Kier molecular flexibility index (Phi) is 4.28. The Morgan fingerprint density at radius 2 is 2.06 bits per heavy atom. The molecule has 4 heteroatoms. The van der Waals surface area contributed by atoms with Crippen LogP contribution in [0.1, 0.15) is 33.1 Å². The van der Waals surface area contributed by atoms with Gasteiger partial charge in [-0.05, 0) is 38.1 Å². The van der Waals surface area contributed by atoms with Crippen LogP contribution in [0.2, 0.25) is 0 Å². The zero-order valence-electron chi connectivity index (χ0n) is 11.9. The molecule has 2 atom stereocenters. The summed E-state index contributed by atoms with van der Waals surface area (Å²) >= 11 is 0. The smallest absolute Gasteiger partial charge is 0.239 e. The van der Waals surface area contributed by atoms with Crippen molar-refractivity contribution in [3.63, 3.8) is 0 Å². The van der Waals surface area contributed by atoms with Gasteiger partial charge >= 0.3 is 0 Å². The molecule has 0 aromatic heterocycles. The van der Waals surface area contributed by atoms with Crippen molar-refractivity contribution in [2.24, 2.45) is 17.6 Å². The molecule has 4 nitrogen and oxygen atoms in total. The lowest BCUT2D eigenvalue weighted by Gasteiger charge is -2.24. The molecule has 2 N–H and O–H groups in total. The molecule has 1 heterocycles. The molecule has 0 radical (unpaired) electrons. The van der Waals surface area contributed by atoms with Gasteiger partial charge in [0.2, 0.25) is 5.91 Å². The van der Waals surface area contributed by atoms with Crippen LogP contribution >= 0.6 is 0 Å². The Morgan fingerprint density at radius 1 is 1.39 bits per heavy atom. The topological polar surface area (TPSA) is 49.6 Å². The Labute approximate surface area is 110 Å². The molecule has 2 aliphatic rings. The minimum atomic E-state index is -0.329. The highest BCUT2D eigenvalue weighted by Crippen LogP contribution is 2.28. The minimum Gasteiger partial charge on any atom is -0.341 e. The van der Waals surface area contributed by atoms with E-state index in [0.717, 1.165) is 32.1 Å². The number of amides is 1. The van der Waals surface area contributed by atoms with Gasteiger partial charge in [-0.15, -0.1) is 0 Å². The maximum atomic E-state index is 12.2. The zero-order chi connectivity index (χ0) is 13.3. The standard InChI is InChI=1S/C14H27N3O/c1-10(2)13(15)14(18)17-7-6-11(9-17)8-16(3)12-4-5-12/h10-13H,4-9,15H2,1-3H3/t11-,13+/m1/s1. The van der Waals surface area contributed by atoms with Crippen LogP contribution in [0.3, 0.4) is 0 Å². The maximum absolute atomic E-state index is 12.2. The van der Waals surface area contributed by atoms with Crippen LogP contribution in [-0.4, -0.2) is 54.5 Å². The van der Waals surface area contributed by atoms with Crippen molar-refractivity contribution in [3.05, 3.63) is 0 Å². The molecule has 1 aliphatic carbocycles. The highest BCUT2D eigenvalue weighted by atomic mass is 16.2. The van der Waals surface area contributed by atoms with Crippen LogP contribution in [0, 0.1) is 11.8 Å². The van der Waals surface area contributed by atoms with Gasteiger partial charge in [-0.25, -0.2) is 0 Å². The molecule has 1 amide bonds. The summed E-state index contributed by atoms with van der Waals surface area (Å²) in [6.07, 6.45) is 3.84. The van der Waals surface area contributed by atoms with Crippen molar-refractivity contribution in [1.29, 1.82) is 0 Å². The Morgan fingerprint density at radius 3 is 2.61 bits per heavy atom. The number of nitrogens with zero attached hydrogens (tertiary/aromatic N) is 2. The van der Waals surface area contributed by atoms with E-state index in [0.29, 0.717) is 5.92 Å². The quantitative estimate of drug-likeness (QED) is 0.792. The fraction of sp³-hybridized carbons (Fsp3) is 0.929. The third-order valence-electron chi connectivity index (χ3n) is 4.32. The molecule has 1 aliphatic heterocycles. The first-order chi connectivity index (χ1) is 8.49. The van der Waals surface area contributed by atoms with Gasteiger partial charge in [0.1, 0.15) is 0 Å². The highest BCUT2D eigenvalue weighted by Gasteiger charge is 2.33. The molecule has 0 spiro atoms. The van der Waals surface area contributed by atoms with E-state index in [9.17, 15) is 4.79 Å². The average molecular weight is 253 g/mol. The van der Waals surface area contributed by atoms with E-state index in [1.807, 2.05) is 18.7 Å². The highest BCUT2D eigenvalue weighted by molar-refractivity contribution is 5.82. The lowest BCUT2D eigenvalue weighted by Crippen LogP contribution is -2.45. The molecule has 1 saturated heterocycles. The fourth-order valence-electron chi connectivity index (χ4n) is 2.75. The molecule has 1 saturated carbocycles. The Hall–Kier alpha value is -0.610. The van der Waals surface area contributed by atoms with Gasteiger partial charge < -0.3 is 15.5 Å². The number of carbonyl (C=O) groups is 1. The lowest BCUT2D eigenvalue weighted by molar-refractivity contribution is -0.132. The predicted octanol–water partition coefficient (Wildman–Crippen LogP) is 0.912. The van der Waals surface area contributed by atoms with Crippen LogP contribution in [0.4, 0.5) is 0 Å². The van der Waals surface area contributed by atoms with E-state index in [1.54, 1.807) is 0 Å². The number of carbonyl (C=O) groups excluding carboxylic acids is 1. The van der Waals surface area contributed by atoms with Gasteiger partial charge in [0.15, 0.2) is 0 Å². The maximum Gasteiger partial charge on any atom is 0.239 e. The van der Waals surface area contributed by atoms with Crippen LogP contribution in [0.15, 0.2) is 0 Å². The van der Waals surface area contributed by atoms with Gasteiger partial charge in [0.25, 0.3) is 0 Å². The summed E-state index contributed by atoms with van der Waals surface area (Å²) in [6, 6.07) is 0.484. The third kappa shape index (κ3) is 3.23. The molecule has 18 heavy (non-hydrogen) atoms. The summed E-state index contributed by atoms with van der Waals surface area (Å²) in [6.45, 7) is 6.94. The zero-order valence-corrected chi connectivity index (χ0v) is 11.9. The SMILES string of the molecule is CC(C)[C@H](N)C(=O)N1CC[C@H](CN(C)C2CC2)C1. The molecule has 0 aromatic rings. The lowest BCUT2D eigenvalue weighted by atomic mass is 10.0. The molecule has 2 rings (SSSR count). The molecule has 0 bridgehead atoms. The molecule has 0 aromatic carbocycles. The normalized spacial score (nSPS) is 26.1. The number of nitrogens with two attached hydrogens (primary N) is 1. The van der Waals surface area contributed by atoms with Crippen molar-refractivity contribution >= 4 is 5.91 Å². The second-order valence-electron chi connectivity index (χ2n) is 6.38. The van der Waals surface area contributed by atoms with Crippen molar-refractivity contribution in [1.82, 2.24) is 9.80 Å². The summed E-state index contributed by atoms with van der Waals surface area (Å²) in [5.74, 6) is 1.01. The number of hydrogen-bond donors (Lipinski definition) is 1. The fourth-order valence-corrected chi connectivity index (χ4v) is 2.75. The van der Waals surface area contributed by atoms with Crippen molar-refractivity contribution in [2.75, 3.05) is 26.7 Å². The largest absolute Gasteiger partial charge is 0.341 e. The summed E-state index contributed by atoms with van der Waals surface area (Å²) in [4.78, 5) is 16.6. The first-order valence-electron chi connectivity index (χ1n) is 7.23. The van der Waals surface area contributed by atoms with Crippen LogP contribution in [0.5, 0.6) is 0 Å². The van der Waals surface area contributed by atoms with Gasteiger partial charge in [0, 0.05) is 25.7 Å². The number of rotatable bonds is 5. The van der Waals surface area contributed by atoms with E-state index in [-0.39, 0.29) is 17.9 Å². The third-order valence-corrected chi connectivity index (χ3v) is 4.32. The average Bonchev–Trinajstić information content (AvgIpc) is 3.08. The van der Waals surface area contributed by atoms with Crippen LogP contribution in [-0.2, 0) is 4.79 Å². The van der Waals surface area contributed by atoms with Crippen molar-refractivity contribution in [3.8, 4) is 0 Å². The molecule has 104 valence electrons. The first-order valence-corrected chi connectivity index (χ1v) is 7.23. The van der Waals surface area contributed by atoms with E-state index in [4.69, 9.17) is 5.73 Å². The number of likely N-dealkylation sites (tertiary alicyclic amines) is 1. The molecule has 2 fully saturated rings. The van der Waals surface area contributed by atoms with Gasteiger partial charge in [-0.2, -0.15) is 0 Å². The molecule has 0 unspecified atom stereocenters. The van der Waals surface area contributed by atoms with Crippen molar-refractivity contribution < 1.29 is 4.79 Å². The Balaban J connectivity index is 1.78. The summed E-state index contributed by atoms with van der Waals surface area (Å²) in [5.41, 5.74) is 5.94. The van der Waals surface area contributed by atoms with E-state index < -0.39 is 0 Å². The van der Waals surface area contributed by atoms with Gasteiger partial charge in [-0.3, -0.25) is 4.79 Å². The summed E-state index contributed by atoms with van der Waals surface area (Å²) in [5, 5.41) is 0. The monoisotopic (exact) mass is 253 g/mol. The van der Waals surface area contributed by atoms with Crippen LogP contribution in [0.25, 0.3) is 0 Å². The minimum absolute atomic E-state index is 0.140. The first kappa shape index (κ1) is 13.8. The molecular weight excluding hydrogens is 226 g/mol. The predicted molar refractivity (Wildman–Crippen MR) is 73.2 cm³/mol. The van der Waals surface area contributed by atoms with Gasteiger partial charge in [-0.1, -0.05) is 13.8 Å². The Bertz CT molecular complexity index is 301. The van der Waals surface area contributed by atoms with E-state index in [2.05, 4.69) is 11.9 Å². The number of hydrogen-bond acceptors (Lipinski definition) is 3. The second-order valence-corrected chi connectivity index (χ2v) is 6.38. The van der Waals surface area contributed by atoms with Gasteiger partial charge in [0.05, 0.1) is 6.04 Å². The second kappa shape index (κ2) is 5.57. The van der Waals surface area contributed by atoms with E-state index in [1.165, 1.54) is 12.8 Å². The van der Waals surface area contributed by atoms with Crippen LogP contribution < -0.4 is 5.73 Å². The molecular formula is C14H27N3O. The summed E-state index contributed by atoms with van der Waals surface area (Å²) < 4.78 is 0.